The third kappa shape index (κ3) is 6.67. The molecule has 1 amide bonds. The molecular weight excluding hydrogens is 673 g/mol. The summed E-state index contributed by atoms with van der Waals surface area (Å²) in [5.74, 6) is -0.645. The van der Waals surface area contributed by atoms with Crippen LogP contribution in [0.1, 0.15) is 48.4 Å². The van der Waals surface area contributed by atoms with E-state index in [1.165, 1.54) is 17.0 Å². The van der Waals surface area contributed by atoms with Gasteiger partial charge in [-0.15, -0.1) is 0 Å². The number of nitrogens with zero attached hydrogens (tertiary/aromatic N) is 4. The zero-order valence-corrected chi connectivity index (χ0v) is 29.8. The largest absolute Gasteiger partial charge is 0.465 e. The second-order valence-corrected chi connectivity index (χ2v) is 15.1. The summed E-state index contributed by atoms with van der Waals surface area (Å²) >= 11 is 0. The van der Waals surface area contributed by atoms with Crippen molar-refractivity contribution in [1.29, 1.82) is 0 Å². The van der Waals surface area contributed by atoms with Gasteiger partial charge in [0.1, 0.15) is 0 Å². The number of fused-ring (bicyclic) bond motifs is 1. The first kappa shape index (κ1) is 35.0. The minimum absolute atomic E-state index is 0.0164. The molecule has 4 unspecified atom stereocenters. The smallest absolute Gasteiger partial charge is 0.408 e. The van der Waals surface area contributed by atoms with Crippen molar-refractivity contribution in [2.45, 2.75) is 55.9 Å². The van der Waals surface area contributed by atoms with Crippen LogP contribution in [0.15, 0.2) is 155 Å². The Balaban J connectivity index is 1.47. The van der Waals surface area contributed by atoms with Crippen molar-refractivity contribution in [2.75, 3.05) is 6.54 Å². The third-order valence-electron chi connectivity index (χ3n) is 10.3. The highest BCUT2D eigenvalue weighted by Crippen LogP contribution is 2.46. The maximum atomic E-state index is 14.9. The summed E-state index contributed by atoms with van der Waals surface area (Å²) < 4.78 is 31.0. The second-order valence-electron chi connectivity index (χ2n) is 13.3. The van der Waals surface area contributed by atoms with E-state index < -0.39 is 39.9 Å². The fourth-order valence-electron chi connectivity index (χ4n) is 8.13. The van der Waals surface area contributed by atoms with Crippen molar-refractivity contribution >= 4 is 27.1 Å². The lowest BCUT2D eigenvalue weighted by atomic mass is 9.73. The molecule has 0 aliphatic carbocycles. The van der Waals surface area contributed by atoms with Crippen molar-refractivity contribution in [3.8, 4) is 0 Å². The Hall–Kier alpha value is -5.45. The number of imidazole rings is 1. The molecule has 52 heavy (non-hydrogen) atoms. The molecule has 0 saturated carbocycles. The standard InChI is InChI=1S/C42H42N4O5S/c1-2-35(33-21-11-5-12-22-33)39-38(45-36-25-15-16-26-37(36)46(41(45)47)52(50,51)34-23-13-6-14-24-34)27-28-44(42(48)49)40(39)43(29-31-17-7-3-8-18-31)30-32-19-9-4-10-20-32/h3-26,35,38-40H,2,27-30H2,1H3,(H,48,49). The third-order valence-corrected chi connectivity index (χ3v) is 12.0. The van der Waals surface area contributed by atoms with Crippen LogP contribution in [0.2, 0.25) is 0 Å². The summed E-state index contributed by atoms with van der Waals surface area (Å²) in [5.41, 5.74) is 3.20. The summed E-state index contributed by atoms with van der Waals surface area (Å²) in [6, 6.07) is 44.5. The van der Waals surface area contributed by atoms with Crippen LogP contribution in [0.3, 0.4) is 0 Å². The molecule has 1 aromatic heterocycles. The Morgan fingerprint density at radius 3 is 1.79 bits per heavy atom. The number of hydrogen-bond acceptors (Lipinski definition) is 5. The van der Waals surface area contributed by atoms with Gasteiger partial charge in [-0.2, -0.15) is 3.97 Å². The molecule has 1 aliphatic rings. The number of aromatic nitrogens is 2. The average Bonchev–Trinajstić information content (AvgIpc) is 3.48. The topological polar surface area (TPSA) is 105 Å². The van der Waals surface area contributed by atoms with E-state index in [-0.39, 0.29) is 22.9 Å². The molecule has 0 bridgehead atoms. The Morgan fingerprint density at radius 1 is 0.750 bits per heavy atom. The highest BCUT2D eigenvalue weighted by Gasteiger charge is 2.49. The molecule has 1 fully saturated rings. The lowest BCUT2D eigenvalue weighted by molar-refractivity contribution is -0.0556. The Bertz CT molecular complexity index is 2250. The van der Waals surface area contributed by atoms with E-state index in [2.05, 4.69) is 24.0 Å². The molecule has 0 radical (unpaired) electrons. The molecule has 5 aromatic carbocycles. The summed E-state index contributed by atoms with van der Waals surface area (Å²) in [6.45, 7) is 3.16. The van der Waals surface area contributed by atoms with Gasteiger partial charge in [-0.3, -0.25) is 14.4 Å². The molecule has 10 heteroatoms. The number of piperidine rings is 1. The van der Waals surface area contributed by atoms with Crippen molar-refractivity contribution in [1.82, 2.24) is 18.3 Å². The summed E-state index contributed by atoms with van der Waals surface area (Å²) in [4.78, 5) is 32.0. The van der Waals surface area contributed by atoms with E-state index in [4.69, 9.17) is 0 Å². The van der Waals surface area contributed by atoms with Crippen LogP contribution >= 0.6 is 0 Å². The number of carboxylic acid groups (broad SMARTS) is 1. The van der Waals surface area contributed by atoms with Gasteiger partial charge >= 0.3 is 11.8 Å². The Morgan fingerprint density at radius 2 is 1.25 bits per heavy atom. The molecule has 7 rings (SSSR count). The maximum absolute atomic E-state index is 14.9. The van der Waals surface area contributed by atoms with Crippen LogP contribution < -0.4 is 5.69 Å². The number of para-hydroxylation sites is 2. The molecule has 266 valence electrons. The predicted octanol–water partition coefficient (Wildman–Crippen LogP) is 7.80. The van der Waals surface area contributed by atoms with Gasteiger partial charge in [0.05, 0.1) is 22.1 Å². The van der Waals surface area contributed by atoms with Crippen LogP contribution in [0, 0.1) is 5.92 Å². The normalized spacial score (nSPS) is 18.4. The number of likely N-dealkylation sites (tertiary alicyclic amines) is 1. The van der Waals surface area contributed by atoms with Crippen molar-refractivity contribution in [3.05, 3.63) is 173 Å². The average molecular weight is 715 g/mol. The van der Waals surface area contributed by atoms with Crippen molar-refractivity contribution < 1.29 is 18.3 Å². The number of amides is 1. The first-order chi connectivity index (χ1) is 25.3. The van der Waals surface area contributed by atoms with Gasteiger partial charge in [0.15, 0.2) is 0 Å². The first-order valence-electron chi connectivity index (χ1n) is 17.7. The van der Waals surface area contributed by atoms with E-state index in [1.54, 1.807) is 41.0 Å². The lowest BCUT2D eigenvalue weighted by Gasteiger charge is -2.52. The molecule has 1 aliphatic heterocycles. The monoisotopic (exact) mass is 714 g/mol. The van der Waals surface area contributed by atoms with E-state index in [0.717, 1.165) is 20.7 Å². The maximum Gasteiger partial charge on any atom is 0.408 e. The van der Waals surface area contributed by atoms with Gasteiger partial charge in [0.25, 0.3) is 10.0 Å². The summed E-state index contributed by atoms with van der Waals surface area (Å²) in [5, 5.41) is 10.9. The van der Waals surface area contributed by atoms with Gasteiger partial charge in [0, 0.05) is 31.6 Å². The van der Waals surface area contributed by atoms with Crippen LogP contribution in [-0.2, 0) is 23.1 Å². The SMILES string of the molecule is CCC(c1ccccc1)C1C(N(Cc2ccccc2)Cc2ccccc2)N(C(=O)O)CCC1n1c(=O)n(S(=O)(=O)c2ccccc2)c2ccccc21. The minimum Gasteiger partial charge on any atom is -0.465 e. The molecule has 2 heterocycles. The molecule has 6 aromatic rings. The van der Waals surface area contributed by atoms with E-state index in [0.29, 0.717) is 31.4 Å². The highest BCUT2D eigenvalue weighted by molar-refractivity contribution is 7.90. The predicted molar refractivity (Wildman–Crippen MR) is 202 cm³/mol. The van der Waals surface area contributed by atoms with Crippen LogP contribution in [0.5, 0.6) is 0 Å². The minimum atomic E-state index is -4.28. The number of hydrogen-bond donors (Lipinski definition) is 1. The van der Waals surface area contributed by atoms with E-state index in [1.807, 2.05) is 84.9 Å². The quantitative estimate of drug-likeness (QED) is 0.147. The van der Waals surface area contributed by atoms with E-state index >= 15 is 0 Å². The fourth-order valence-corrected chi connectivity index (χ4v) is 9.55. The highest BCUT2D eigenvalue weighted by atomic mass is 32.2. The molecule has 9 nitrogen and oxygen atoms in total. The van der Waals surface area contributed by atoms with Gasteiger partial charge in [0.2, 0.25) is 0 Å². The van der Waals surface area contributed by atoms with Crippen LogP contribution in [0.25, 0.3) is 11.0 Å². The molecule has 0 spiro atoms. The zero-order valence-electron chi connectivity index (χ0n) is 29.0. The Kier molecular flexibility index (Phi) is 10.1. The first-order valence-corrected chi connectivity index (χ1v) is 19.1. The number of benzene rings is 5. The van der Waals surface area contributed by atoms with Gasteiger partial charge < -0.3 is 5.11 Å². The molecular formula is C42H42N4O5S. The zero-order chi connectivity index (χ0) is 36.2. The van der Waals surface area contributed by atoms with Gasteiger partial charge in [-0.25, -0.2) is 18.0 Å². The molecule has 4 atom stereocenters. The molecule has 1 saturated heterocycles. The fraction of sp³-hybridized carbons (Fsp3) is 0.238. The summed E-state index contributed by atoms with van der Waals surface area (Å²) in [6.07, 6.45) is -0.735. The van der Waals surface area contributed by atoms with Gasteiger partial charge in [-0.1, -0.05) is 128 Å². The molecule has 1 N–H and O–H groups in total. The lowest BCUT2D eigenvalue weighted by Crippen LogP contribution is -2.61. The summed E-state index contributed by atoms with van der Waals surface area (Å²) in [7, 11) is -4.28. The number of carbonyl (C=O) groups is 1. The van der Waals surface area contributed by atoms with E-state index in [9.17, 15) is 23.1 Å². The van der Waals surface area contributed by atoms with Crippen molar-refractivity contribution in [3.63, 3.8) is 0 Å². The van der Waals surface area contributed by atoms with Gasteiger partial charge in [-0.05, 0) is 59.7 Å². The van der Waals surface area contributed by atoms with Crippen molar-refractivity contribution in [2.24, 2.45) is 5.92 Å². The van der Waals surface area contributed by atoms with Crippen LogP contribution in [-0.4, -0.2) is 50.7 Å². The number of rotatable bonds is 11. The second kappa shape index (κ2) is 15.0. The Labute approximate surface area is 304 Å². The van der Waals surface area contributed by atoms with Crippen LogP contribution in [0.4, 0.5) is 4.79 Å².